The first-order valence-electron chi connectivity index (χ1n) is 6.21. The predicted molar refractivity (Wildman–Crippen MR) is 65.4 cm³/mol. The minimum atomic E-state index is 0.707. The van der Waals surface area contributed by atoms with Gasteiger partial charge < -0.3 is 10.2 Å². The lowest BCUT2D eigenvalue weighted by atomic mass is 10.2. The second-order valence-electron chi connectivity index (χ2n) is 4.62. The molecular weight excluding hydrogens is 200 g/mol. The average molecular weight is 222 g/mol. The van der Waals surface area contributed by atoms with Crippen LogP contribution in [-0.2, 0) is 13.5 Å². The van der Waals surface area contributed by atoms with Crippen molar-refractivity contribution in [3.05, 3.63) is 18.0 Å². The Labute approximate surface area is 97.6 Å². The number of hydrogen-bond acceptors (Lipinski definition) is 3. The first-order valence-corrected chi connectivity index (χ1v) is 6.21. The fraction of sp³-hybridized carbons (Fsp3) is 0.750. The topological polar surface area (TPSA) is 33.1 Å². The molecule has 1 aliphatic heterocycles. The molecule has 0 radical (unpaired) electrons. The first kappa shape index (κ1) is 11.6. The highest BCUT2D eigenvalue weighted by Gasteiger charge is 2.20. The zero-order chi connectivity index (χ0) is 11.4. The van der Waals surface area contributed by atoms with Gasteiger partial charge in [0.2, 0.25) is 0 Å². The van der Waals surface area contributed by atoms with Gasteiger partial charge in [-0.25, -0.2) is 0 Å². The Hall–Kier alpha value is -0.870. The van der Waals surface area contributed by atoms with E-state index >= 15 is 0 Å². The summed E-state index contributed by atoms with van der Waals surface area (Å²) in [4.78, 5) is 2.54. The van der Waals surface area contributed by atoms with E-state index in [-0.39, 0.29) is 0 Å². The van der Waals surface area contributed by atoms with Crippen molar-refractivity contribution >= 4 is 0 Å². The van der Waals surface area contributed by atoms with E-state index < -0.39 is 0 Å². The normalized spacial score (nSPS) is 21.8. The van der Waals surface area contributed by atoms with E-state index in [0.29, 0.717) is 6.04 Å². The number of nitrogens with zero attached hydrogens (tertiary/aromatic N) is 3. The summed E-state index contributed by atoms with van der Waals surface area (Å²) < 4.78 is 1.88. The highest BCUT2D eigenvalue weighted by Crippen LogP contribution is 2.10. The Morgan fingerprint density at radius 3 is 3.12 bits per heavy atom. The number of hydrogen-bond donors (Lipinski definition) is 1. The zero-order valence-electron chi connectivity index (χ0n) is 10.3. The molecule has 1 atom stereocenters. The molecule has 1 unspecified atom stereocenters. The number of aromatic nitrogens is 2. The lowest BCUT2D eigenvalue weighted by Gasteiger charge is -2.15. The van der Waals surface area contributed by atoms with E-state index in [1.165, 1.54) is 25.1 Å². The Kier molecular flexibility index (Phi) is 3.96. The monoisotopic (exact) mass is 222 g/mol. The molecule has 1 aromatic heterocycles. The molecule has 0 saturated carbocycles. The third kappa shape index (κ3) is 3.06. The van der Waals surface area contributed by atoms with Crippen LogP contribution < -0.4 is 5.32 Å². The van der Waals surface area contributed by atoms with Crippen LogP contribution in [0.4, 0.5) is 0 Å². The molecule has 2 heterocycles. The molecule has 4 nitrogen and oxygen atoms in total. The highest BCUT2D eigenvalue weighted by atomic mass is 15.2. The summed E-state index contributed by atoms with van der Waals surface area (Å²) in [5, 5.41) is 7.71. The van der Waals surface area contributed by atoms with Crippen molar-refractivity contribution in [2.45, 2.75) is 25.8 Å². The maximum absolute atomic E-state index is 4.19. The molecule has 0 aliphatic carbocycles. The summed E-state index contributed by atoms with van der Waals surface area (Å²) >= 11 is 0. The molecule has 1 aliphatic rings. The largest absolute Gasteiger partial charge is 0.313 e. The maximum atomic E-state index is 4.19. The molecule has 1 N–H and O–H groups in total. The van der Waals surface area contributed by atoms with E-state index in [1.807, 2.05) is 17.9 Å². The maximum Gasteiger partial charge on any atom is 0.0522 e. The van der Waals surface area contributed by atoms with Gasteiger partial charge in [0, 0.05) is 32.4 Å². The van der Waals surface area contributed by atoms with Gasteiger partial charge in [0.1, 0.15) is 0 Å². The lowest BCUT2D eigenvalue weighted by Crippen LogP contribution is -2.32. The van der Waals surface area contributed by atoms with Gasteiger partial charge in [-0.2, -0.15) is 5.10 Å². The van der Waals surface area contributed by atoms with Crippen LogP contribution in [0.15, 0.2) is 12.4 Å². The molecule has 90 valence electrons. The SMILES string of the molecule is CCNC1CCN(CCc2cnn(C)c2)C1. The third-order valence-corrected chi connectivity index (χ3v) is 3.24. The third-order valence-electron chi connectivity index (χ3n) is 3.24. The van der Waals surface area contributed by atoms with E-state index in [2.05, 4.69) is 28.4 Å². The Balaban J connectivity index is 1.71. The number of rotatable bonds is 5. The fourth-order valence-electron chi connectivity index (χ4n) is 2.38. The number of nitrogens with one attached hydrogen (secondary N) is 1. The summed E-state index contributed by atoms with van der Waals surface area (Å²) in [6.07, 6.45) is 6.49. The van der Waals surface area contributed by atoms with Crippen LogP contribution in [0.2, 0.25) is 0 Å². The van der Waals surface area contributed by atoms with E-state index in [0.717, 1.165) is 19.5 Å². The van der Waals surface area contributed by atoms with Crippen LogP contribution >= 0.6 is 0 Å². The Morgan fingerprint density at radius 2 is 2.44 bits per heavy atom. The zero-order valence-corrected chi connectivity index (χ0v) is 10.3. The van der Waals surface area contributed by atoms with Crippen molar-refractivity contribution in [2.24, 2.45) is 7.05 Å². The van der Waals surface area contributed by atoms with Gasteiger partial charge in [-0.1, -0.05) is 6.92 Å². The van der Waals surface area contributed by atoms with Crippen LogP contribution in [0, 0.1) is 0 Å². The van der Waals surface area contributed by atoms with E-state index in [1.54, 1.807) is 0 Å². The Morgan fingerprint density at radius 1 is 1.56 bits per heavy atom. The summed E-state index contributed by atoms with van der Waals surface area (Å²) in [6.45, 7) is 6.86. The van der Waals surface area contributed by atoms with Gasteiger partial charge in [-0.3, -0.25) is 4.68 Å². The molecular formula is C12H22N4. The van der Waals surface area contributed by atoms with Gasteiger partial charge in [0.25, 0.3) is 0 Å². The highest BCUT2D eigenvalue weighted by molar-refractivity contribution is 5.04. The summed E-state index contributed by atoms with van der Waals surface area (Å²) in [6, 6.07) is 0.707. The standard InChI is InChI=1S/C12H22N4/c1-3-13-12-5-7-16(10-12)6-4-11-8-14-15(2)9-11/h8-9,12-13H,3-7,10H2,1-2H3. The van der Waals surface area contributed by atoms with Crippen molar-refractivity contribution in [1.29, 1.82) is 0 Å². The minimum Gasteiger partial charge on any atom is -0.313 e. The average Bonchev–Trinajstić information content (AvgIpc) is 2.85. The predicted octanol–water partition coefficient (Wildman–Crippen LogP) is 0.646. The summed E-state index contributed by atoms with van der Waals surface area (Å²) in [5.74, 6) is 0. The van der Waals surface area contributed by atoms with Gasteiger partial charge in [-0.15, -0.1) is 0 Å². The van der Waals surface area contributed by atoms with Crippen molar-refractivity contribution in [3.8, 4) is 0 Å². The summed E-state index contributed by atoms with van der Waals surface area (Å²) in [5.41, 5.74) is 1.34. The molecule has 1 fully saturated rings. The number of likely N-dealkylation sites (N-methyl/N-ethyl adjacent to an activating group) is 1. The molecule has 16 heavy (non-hydrogen) atoms. The number of aryl methyl sites for hydroxylation is 1. The van der Waals surface area contributed by atoms with Crippen molar-refractivity contribution in [1.82, 2.24) is 20.0 Å². The molecule has 4 heteroatoms. The van der Waals surface area contributed by atoms with Gasteiger partial charge in [0.15, 0.2) is 0 Å². The van der Waals surface area contributed by atoms with Gasteiger partial charge in [-0.05, 0) is 31.5 Å². The molecule has 2 rings (SSSR count). The van der Waals surface area contributed by atoms with Crippen molar-refractivity contribution in [3.63, 3.8) is 0 Å². The fourth-order valence-corrected chi connectivity index (χ4v) is 2.38. The van der Waals surface area contributed by atoms with Crippen LogP contribution in [0.1, 0.15) is 18.9 Å². The van der Waals surface area contributed by atoms with Crippen LogP contribution in [0.25, 0.3) is 0 Å². The second-order valence-corrected chi connectivity index (χ2v) is 4.62. The quantitative estimate of drug-likeness (QED) is 0.794. The van der Waals surface area contributed by atoms with Crippen molar-refractivity contribution < 1.29 is 0 Å². The Bertz CT molecular complexity index is 321. The van der Waals surface area contributed by atoms with Gasteiger partial charge in [0.05, 0.1) is 6.20 Å². The lowest BCUT2D eigenvalue weighted by molar-refractivity contribution is 0.332. The van der Waals surface area contributed by atoms with E-state index in [4.69, 9.17) is 0 Å². The second kappa shape index (κ2) is 5.46. The van der Waals surface area contributed by atoms with E-state index in [9.17, 15) is 0 Å². The van der Waals surface area contributed by atoms with Crippen LogP contribution in [0.5, 0.6) is 0 Å². The molecule has 0 amide bonds. The molecule has 1 aromatic rings. The molecule has 0 spiro atoms. The van der Waals surface area contributed by atoms with Crippen LogP contribution in [-0.4, -0.2) is 46.9 Å². The molecule has 1 saturated heterocycles. The first-order chi connectivity index (χ1) is 7.78. The molecule has 0 aromatic carbocycles. The summed E-state index contributed by atoms with van der Waals surface area (Å²) in [7, 11) is 1.97. The number of likely N-dealkylation sites (tertiary alicyclic amines) is 1. The minimum absolute atomic E-state index is 0.707. The smallest absolute Gasteiger partial charge is 0.0522 e. The van der Waals surface area contributed by atoms with Crippen LogP contribution in [0.3, 0.4) is 0 Å². The van der Waals surface area contributed by atoms with Gasteiger partial charge >= 0.3 is 0 Å². The molecule has 0 bridgehead atoms. The van der Waals surface area contributed by atoms with Crippen molar-refractivity contribution in [2.75, 3.05) is 26.2 Å².